The summed E-state index contributed by atoms with van der Waals surface area (Å²) in [7, 11) is 4.03. The summed E-state index contributed by atoms with van der Waals surface area (Å²) in [5.74, 6) is -0.132. The first-order valence-electron chi connectivity index (χ1n) is 6.57. The highest BCUT2D eigenvalue weighted by Crippen LogP contribution is 2.34. The Morgan fingerprint density at radius 1 is 1.29 bits per heavy atom. The first kappa shape index (κ1) is 13.0. The van der Waals surface area contributed by atoms with E-state index in [1.807, 2.05) is 14.1 Å². The number of hydrogen-bond acceptors (Lipinski definition) is 4. The Labute approximate surface area is 103 Å². The fraction of sp³-hybridized carbons (Fsp3) is 0.923. The minimum atomic E-state index is -0.587. The predicted molar refractivity (Wildman–Crippen MR) is 64.8 cm³/mol. The summed E-state index contributed by atoms with van der Waals surface area (Å²) >= 11 is 0. The fourth-order valence-electron chi connectivity index (χ4n) is 2.77. The van der Waals surface area contributed by atoms with Crippen LogP contribution in [0.2, 0.25) is 0 Å². The van der Waals surface area contributed by atoms with Gasteiger partial charge in [0.15, 0.2) is 5.79 Å². The molecule has 0 aromatic heterocycles. The Morgan fingerprint density at radius 3 is 2.65 bits per heavy atom. The van der Waals surface area contributed by atoms with Crippen LogP contribution >= 0.6 is 0 Å². The van der Waals surface area contributed by atoms with E-state index in [9.17, 15) is 4.79 Å². The van der Waals surface area contributed by atoms with Gasteiger partial charge in [-0.1, -0.05) is 0 Å². The predicted octanol–water partition coefficient (Wildman–Crippen LogP) is 1.44. The van der Waals surface area contributed by atoms with Gasteiger partial charge in [0, 0.05) is 18.9 Å². The van der Waals surface area contributed by atoms with Gasteiger partial charge in [0.1, 0.15) is 5.78 Å². The molecule has 1 atom stereocenters. The Balaban J connectivity index is 2.00. The molecule has 4 nitrogen and oxygen atoms in total. The highest BCUT2D eigenvalue weighted by Gasteiger charge is 2.40. The van der Waals surface area contributed by atoms with Crippen molar-refractivity contribution in [2.75, 3.05) is 33.9 Å². The number of hydrogen-bond donors (Lipinski definition) is 0. The van der Waals surface area contributed by atoms with Crippen molar-refractivity contribution < 1.29 is 14.3 Å². The third kappa shape index (κ3) is 3.27. The minimum absolute atomic E-state index is 0.151. The van der Waals surface area contributed by atoms with E-state index < -0.39 is 5.79 Å². The van der Waals surface area contributed by atoms with Gasteiger partial charge in [-0.15, -0.1) is 0 Å². The van der Waals surface area contributed by atoms with E-state index in [1.165, 1.54) is 0 Å². The summed E-state index contributed by atoms with van der Waals surface area (Å²) in [5, 5.41) is 0. The van der Waals surface area contributed by atoms with Crippen molar-refractivity contribution in [1.29, 1.82) is 0 Å². The Kier molecular flexibility index (Phi) is 4.17. The number of Topliss-reactive ketones (excluding diaryl/α,β-unsaturated/α-hetero) is 1. The maximum Gasteiger partial charge on any atom is 0.175 e. The Hall–Kier alpha value is -0.450. The number of ketones is 1. The lowest BCUT2D eigenvalue weighted by Gasteiger charge is -2.36. The van der Waals surface area contributed by atoms with Crippen LogP contribution in [0.4, 0.5) is 0 Å². The van der Waals surface area contributed by atoms with Crippen LogP contribution in [0.3, 0.4) is 0 Å². The second-order valence-electron chi connectivity index (χ2n) is 5.46. The number of ether oxygens (including phenoxy) is 2. The second-order valence-corrected chi connectivity index (χ2v) is 5.46. The van der Waals surface area contributed by atoms with Crippen LogP contribution in [0, 0.1) is 5.92 Å². The van der Waals surface area contributed by atoms with Gasteiger partial charge < -0.3 is 14.4 Å². The summed E-state index contributed by atoms with van der Waals surface area (Å²) in [6.07, 6.45) is 4.22. The molecule has 1 saturated carbocycles. The van der Waals surface area contributed by atoms with Gasteiger partial charge in [-0.25, -0.2) is 0 Å². The molecule has 1 saturated heterocycles. The number of carbonyl (C=O) groups is 1. The summed E-state index contributed by atoms with van der Waals surface area (Å²) in [5.41, 5.74) is 0. The highest BCUT2D eigenvalue weighted by atomic mass is 16.7. The summed E-state index contributed by atoms with van der Waals surface area (Å²) in [6.45, 7) is 2.30. The van der Waals surface area contributed by atoms with E-state index >= 15 is 0 Å². The van der Waals surface area contributed by atoms with Crippen LogP contribution in [0.25, 0.3) is 0 Å². The number of carbonyl (C=O) groups excluding carboxylic acids is 1. The smallest absolute Gasteiger partial charge is 0.175 e. The van der Waals surface area contributed by atoms with Gasteiger partial charge in [0.05, 0.1) is 19.6 Å². The zero-order chi connectivity index (χ0) is 12.3. The molecule has 2 rings (SSSR count). The lowest BCUT2D eigenvalue weighted by molar-refractivity contribution is -0.269. The van der Waals surface area contributed by atoms with Crippen molar-refractivity contribution in [3.05, 3.63) is 0 Å². The standard InChI is InChI=1S/C13H23NO3/c1-14(2)10-11-5-3-6-13(9-12(11)15)16-7-4-8-17-13/h11H,3-10H2,1-2H3. The van der Waals surface area contributed by atoms with Gasteiger partial charge in [-0.3, -0.25) is 4.79 Å². The molecule has 0 bridgehead atoms. The molecule has 1 aliphatic heterocycles. The van der Waals surface area contributed by atoms with Crippen molar-refractivity contribution >= 4 is 5.78 Å². The van der Waals surface area contributed by atoms with Crippen LogP contribution in [0.5, 0.6) is 0 Å². The average molecular weight is 241 g/mol. The normalized spacial score (nSPS) is 29.6. The molecular weight excluding hydrogens is 218 g/mol. The number of rotatable bonds is 2. The van der Waals surface area contributed by atoms with E-state index in [2.05, 4.69) is 4.90 Å². The van der Waals surface area contributed by atoms with E-state index in [1.54, 1.807) is 0 Å². The summed E-state index contributed by atoms with van der Waals surface area (Å²) < 4.78 is 11.5. The molecule has 17 heavy (non-hydrogen) atoms. The monoisotopic (exact) mass is 241 g/mol. The van der Waals surface area contributed by atoms with E-state index in [4.69, 9.17) is 9.47 Å². The van der Waals surface area contributed by atoms with Gasteiger partial charge in [0.2, 0.25) is 0 Å². The molecule has 0 aromatic rings. The van der Waals surface area contributed by atoms with Crippen LogP contribution in [0.15, 0.2) is 0 Å². The van der Waals surface area contributed by atoms with Crippen molar-refractivity contribution in [2.45, 2.75) is 37.9 Å². The molecule has 0 amide bonds. The number of nitrogens with zero attached hydrogens (tertiary/aromatic N) is 1. The zero-order valence-corrected chi connectivity index (χ0v) is 10.9. The molecule has 4 heteroatoms. The molecule has 2 aliphatic rings. The largest absolute Gasteiger partial charge is 0.349 e. The molecular formula is C13H23NO3. The lowest BCUT2D eigenvalue weighted by Crippen LogP contribution is -2.42. The quantitative estimate of drug-likeness (QED) is 0.733. The van der Waals surface area contributed by atoms with Crippen LogP contribution in [-0.2, 0) is 14.3 Å². The summed E-state index contributed by atoms with van der Waals surface area (Å²) in [6, 6.07) is 0. The molecule has 98 valence electrons. The maximum absolute atomic E-state index is 12.2. The Bertz CT molecular complexity index is 272. The third-order valence-corrected chi connectivity index (χ3v) is 3.61. The Morgan fingerprint density at radius 2 is 2.00 bits per heavy atom. The zero-order valence-electron chi connectivity index (χ0n) is 10.9. The van der Waals surface area contributed by atoms with Crippen molar-refractivity contribution in [2.24, 2.45) is 5.92 Å². The van der Waals surface area contributed by atoms with Gasteiger partial charge in [-0.05, 0) is 33.4 Å². The van der Waals surface area contributed by atoms with Gasteiger partial charge in [0.25, 0.3) is 0 Å². The van der Waals surface area contributed by atoms with Crippen molar-refractivity contribution in [3.8, 4) is 0 Å². The molecule has 1 heterocycles. The first-order chi connectivity index (χ1) is 8.11. The minimum Gasteiger partial charge on any atom is -0.349 e. The topological polar surface area (TPSA) is 38.8 Å². The average Bonchev–Trinajstić information content (AvgIpc) is 2.40. The van der Waals surface area contributed by atoms with Crippen LogP contribution in [-0.4, -0.2) is 50.3 Å². The maximum atomic E-state index is 12.2. The van der Waals surface area contributed by atoms with Crippen molar-refractivity contribution in [3.63, 3.8) is 0 Å². The van der Waals surface area contributed by atoms with Gasteiger partial charge >= 0.3 is 0 Å². The summed E-state index contributed by atoms with van der Waals surface area (Å²) in [4.78, 5) is 14.3. The van der Waals surface area contributed by atoms with Crippen LogP contribution < -0.4 is 0 Å². The lowest BCUT2D eigenvalue weighted by atomic mass is 9.98. The molecule has 1 aliphatic carbocycles. The highest BCUT2D eigenvalue weighted by molar-refractivity contribution is 5.82. The van der Waals surface area contributed by atoms with E-state index in [0.717, 1.165) is 45.4 Å². The fourth-order valence-corrected chi connectivity index (χ4v) is 2.77. The van der Waals surface area contributed by atoms with Crippen molar-refractivity contribution in [1.82, 2.24) is 4.90 Å². The second kappa shape index (κ2) is 5.46. The molecule has 0 aromatic carbocycles. The molecule has 1 spiro atoms. The van der Waals surface area contributed by atoms with E-state index in [-0.39, 0.29) is 5.92 Å². The van der Waals surface area contributed by atoms with Crippen LogP contribution in [0.1, 0.15) is 32.1 Å². The third-order valence-electron chi connectivity index (χ3n) is 3.61. The molecule has 2 fully saturated rings. The molecule has 0 N–H and O–H groups in total. The molecule has 0 radical (unpaired) electrons. The SMILES string of the molecule is CN(C)CC1CCCC2(CC1=O)OCCCO2. The first-order valence-corrected chi connectivity index (χ1v) is 6.57. The van der Waals surface area contributed by atoms with Gasteiger partial charge in [-0.2, -0.15) is 0 Å². The van der Waals surface area contributed by atoms with E-state index in [0.29, 0.717) is 12.2 Å². The molecule has 1 unspecified atom stereocenters.